The first-order chi connectivity index (χ1) is 18.6. The van der Waals surface area contributed by atoms with Crippen LogP contribution in [0.3, 0.4) is 0 Å². The summed E-state index contributed by atoms with van der Waals surface area (Å²) < 4.78 is 0. The number of pyridine rings is 3. The molecule has 38 heavy (non-hydrogen) atoms. The summed E-state index contributed by atoms with van der Waals surface area (Å²) in [5.74, 6) is 0.0745. The van der Waals surface area contributed by atoms with Gasteiger partial charge in [0, 0.05) is 51.9 Å². The van der Waals surface area contributed by atoms with E-state index in [2.05, 4.69) is 48.2 Å². The molecule has 0 amide bonds. The number of fused-ring (bicyclic) bond motifs is 2. The number of rotatable bonds is 6. The first-order valence-corrected chi connectivity index (χ1v) is 13.5. The predicted octanol–water partition coefficient (Wildman–Crippen LogP) is 6.09. The van der Waals surface area contributed by atoms with E-state index in [-0.39, 0.29) is 5.78 Å². The molecule has 1 saturated heterocycles. The topological polar surface area (TPSA) is 103 Å². The fraction of sp³-hybridized carbons (Fsp3) is 0.207. The summed E-state index contributed by atoms with van der Waals surface area (Å²) in [4.78, 5) is 33.3. The SMILES string of the molecule is CC(=O)c1ccc(-c2ccnc3[nH]c(-c4n[nH]c5cnc(-c6cncc(CN7CCCC7)c6)cc45)cc23)s1. The maximum absolute atomic E-state index is 11.8. The van der Waals surface area contributed by atoms with Crippen molar-refractivity contribution in [1.29, 1.82) is 0 Å². The first kappa shape index (κ1) is 22.9. The molecule has 0 aliphatic carbocycles. The summed E-state index contributed by atoms with van der Waals surface area (Å²) in [5, 5.41) is 9.71. The van der Waals surface area contributed by atoms with Crippen LogP contribution in [0, 0.1) is 0 Å². The Morgan fingerprint density at radius 2 is 1.92 bits per heavy atom. The number of nitrogens with zero attached hydrogens (tertiary/aromatic N) is 5. The smallest absolute Gasteiger partial charge is 0.169 e. The van der Waals surface area contributed by atoms with Crippen LogP contribution in [0.4, 0.5) is 0 Å². The van der Waals surface area contributed by atoms with E-state index < -0.39 is 0 Å². The van der Waals surface area contributed by atoms with Gasteiger partial charge >= 0.3 is 0 Å². The lowest BCUT2D eigenvalue weighted by Gasteiger charge is -2.14. The number of aromatic nitrogens is 6. The highest BCUT2D eigenvalue weighted by molar-refractivity contribution is 7.17. The van der Waals surface area contributed by atoms with Gasteiger partial charge in [0.15, 0.2) is 5.78 Å². The number of Topliss-reactive ketones (excluding diaryl/α,β-unsaturated/α-hetero) is 1. The van der Waals surface area contributed by atoms with Gasteiger partial charge in [-0.15, -0.1) is 11.3 Å². The molecule has 0 bridgehead atoms. The molecule has 1 fully saturated rings. The van der Waals surface area contributed by atoms with Gasteiger partial charge in [0.05, 0.1) is 28.0 Å². The average Bonchev–Trinajstić information content (AvgIpc) is 3.74. The molecule has 0 spiro atoms. The van der Waals surface area contributed by atoms with Crippen LogP contribution < -0.4 is 0 Å². The van der Waals surface area contributed by atoms with Crippen molar-refractivity contribution >= 4 is 39.1 Å². The molecule has 0 aromatic carbocycles. The fourth-order valence-corrected chi connectivity index (χ4v) is 6.17. The standard InChI is InChI=1S/C29H25N7OS/c1-17(37)26-4-5-27(38-26)20-6-7-31-29-21(20)11-24(33-29)28-22-12-23(32-15-25(22)34-35-28)19-10-18(13-30-14-19)16-36-8-2-3-9-36/h4-7,10-15H,2-3,8-9,16H2,1H3,(H,31,33)(H,34,35). The normalized spacial score (nSPS) is 14.1. The van der Waals surface area contributed by atoms with E-state index in [1.54, 1.807) is 13.1 Å². The van der Waals surface area contributed by atoms with Crippen molar-refractivity contribution in [3.8, 4) is 33.1 Å². The summed E-state index contributed by atoms with van der Waals surface area (Å²) in [5.41, 5.74) is 7.42. The molecule has 0 unspecified atom stereocenters. The Hall–Kier alpha value is -4.21. The summed E-state index contributed by atoms with van der Waals surface area (Å²) in [6, 6.07) is 12.2. The summed E-state index contributed by atoms with van der Waals surface area (Å²) in [6.45, 7) is 4.82. The van der Waals surface area contributed by atoms with E-state index >= 15 is 0 Å². The van der Waals surface area contributed by atoms with Crippen molar-refractivity contribution in [3.63, 3.8) is 0 Å². The van der Waals surface area contributed by atoms with Crippen LogP contribution in [0.2, 0.25) is 0 Å². The monoisotopic (exact) mass is 519 g/mol. The summed E-state index contributed by atoms with van der Waals surface area (Å²) >= 11 is 1.50. The molecule has 6 aromatic heterocycles. The Morgan fingerprint density at radius 3 is 2.76 bits per heavy atom. The minimum Gasteiger partial charge on any atom is -0.338 e. The van der Waals surface area contributed by atoms with E-state index in [0.29, 0.717) is 0 Å². The Bertz CT molecular complexity index is 1810. The second-order valence-electron chi connectivity index (χ2n) is 9.78. The Morgan fingerprint density at radius 1 is 1.03 bits per heavy atom. The van der Waals surface area contributed by atoms with Crippen LogP contribution in [0.25, 0.3) is 55.0 Å². The van der Waals surface area contributed by atoms with Crippen molar-refractivity contribution in [2.75, 3.05) is 13.1 Å². The van der Waals surface area contributed by atoms with Crippen LogP contribution in [0.15, 0.2) is 61.2 Å². The third-order valence-corrected chi connectivity index (χ3v) is 8.37. The van der Waals surface area contributed by atoms with Crippen LogP contribution in [0.5, 0.6) is 0 Å². The summed E-state index contributed by atoms with van der Waals surface area (Å²) in [7, 11) is 0. The van der Waals surface area contributed by atoms with Crippen molar-refractivity contribution in [2.24, 2.45) is 0 Å². The molecule has 9 heteroatoms. The quantitative estimate of drug-likeness (QED) is 0.258. The maximum atomic E-state index is 11.8. The molecular formula is C29H25N7OS. The maximum Gasteiger partial charge on any atom is 0.169 e. The number of H-pyrrole nitrogens is 2. The minimum absolute atomic E-state index is 0.0745. The fourth-order valence-electron chi connectivity index (χ4n) is 5.23. The van der Waals surface area contributed by atoms with Crippen LogP contribution >= 0.6 is 11.3 Å². The summed E-state index contributed by atoms with van der Waals surface area (Å²) in [6.07, 6.45) is 9.98. The molecule has 1 aliphatic rings. The third kappa shape index (κ3) is 4.09. The molecule has 0 saturated carbocycles. The van der Waals surface area contributed by atoms with Crippen molar-refractivity contribution in [1.82, 2.24) is 35.0 Å². The zero-order valence-electron chi connectivity index (χ0n) is 20.9. The van der Waals surface area contributed by atoms with Gasteiger partial charge in [-0.1, -0.05) is 0 Å². The highest BCUT2D eigenvalue weighted by atomic mass is 32.1. The van der Waals surface area contributed by atoms with Crippen LogP contribution in [-0.4, -0.2) is 53.9 Å². The molecule has 7 rings (SSSR count). The number of likely N-dealkylation sites (tertiary alicyclic amines) is 1. The molecule has 6 aromatic rings. The first-order valence-electron chi connectivity index (χ1n) is 12.7. The van der Waals surface area contributed by atoms with Crippen molar-refractivity contribution in [2.45, 2.75) is 26.3 Å². The lowest BCUT2D eigenvalue weighted by atomic mass is 10.1. The van der Waals surface area contributed by atoms with E-state index in [4.69, 9.17) is 4.98 Å². The molecule has 0 radical (unpaired) electrons. The Balaban J connectivity index is 1.27. The minimum atomic E-state index is 0.0745. The predicted molar refractivity (Wildman–Crippen MR) is 150 cm³/mol. The molecule has 2 N–H and O–H groups in total. The zero-order valence-corrected chi connectivity index (χ0v) is 21.7. The largest absolute Gasteiger partial charge is 0.338 e. The van der Waals surface area contributed by atoms with E-state index in [9.17, 15) is 4.79 Å². The lowest BCUT2D eigenvalue weighted by molar-refractivity contribution is 0.102. The number of hydrogen-bond acceptors (Lipinski definition) is 7. The average molecular weight is 520 g/mol. The lowest BCUT2D eigenvalue weighted by Crippen LogP contribution is -2.18. The highest BCUT2D eigenvalue weighted by Gasteiger charge is 2.17. The van der Waals surface area contributed by atoms with Gasteiger partial charge < -0.3 is 4.98 Å². The number of carbonyl (C=O) groups excluding carboxylic acids is 1. The molecule has 7 heterocycles. The van der Waals surface area contributed by atoms with Crippen LogP contribution in [0.1, 0.15) is 35.0 Å². The molecule has 8 nitrogen and oxygen atoms in total. The second-order valence-corrected chi connectivity index (χ2v) is 10.9. The molecule has 0 atom stereocenters. The van der Waals surface area contributed by atoms with Gasteiger partial charge in [0.2, 0.25) is 0 Å². The Labute approximate surface area is 222 Å². The van der Waals surface area contributed by atoms with Gasteiger partial charge in [-0.25, -0.2) is 4.98 Å². The van der Waals surface area contributed by atoms with Crippen LogP contribution in [-0.2, 0) is 6.54 Å². The van der Waals surface area contributed by atoms with E-state index in [1.165, 1.54) is 29.7 Å². The number of aromatic amines is 2. The van der Waals surface area contributed by atoms with Gasteiger partial charge in [-0.05, 0) is 74.8 Å². The van der Waals surface area contributed by atoms with E-state index in [0.717, 1.165) is 79.5 Å². The number of hydrogen-bond donors (Lipinski definition) is 2. The van der Waals surface area contributed by atoms with Gasteiger partial charge in [0.25, 0.3) is 0 Å². The van der Waals surface area contributed by atoms with E-state index in [1.807, 2.05) is 36.8 Å². The number of ketones is 1. The molecule has 188 valence electrons. The highest BCUT2D eigenvalue weighted by Crippen LogP contribution is 2.36. The third-order valence-electron chi connectivity index (χ3n) is 7.15. The second kappa shape index (κ2) is 9.27. The number of carbonyl (C=O) groups is 1. The Kier molecular flexibility index (Phi) is 5.60. The molecule has 1 aliphatic heterocycles. The van der Waals surface area contributed by atoms with Gasteiger partial charge in [-0.2, -0.15) is 5.10 Å². The molecular weight excluding hydrogens is 494 g/mol. The van der Waals surface area contributed by atoms with Gasteiger partial charge in [-0.3, -0.25) is 24.8 Å². The number of thiophene rings is 1. The number of nitrogens with one attached hydrogen (secondary N) is 2. The van der Waals surface area contributed by atoms with Crippen molar-refractivity contribution in [3.05, 3.63) is 71.6 Å². The zero-order chi connectivity index (χ0) is 25.6. The van der Waals surface area contributed by atoms with Crippen molar-refractivity contribution < 1.29 is 4.79 Å². The van der Waals surface area contributed by atoms with Gasteiger partial charge in [0.1, 0.15) is 11.3 Å².